The van der Waals surface area contributed by atoms with Crippen LogP contribution in [0, 0.1) is 5.92 Å². The Labute approximate surface area is 164 Å². The second-order valence-electron chi connectivity index (χ2n) is 8.48. The molecule has 1 unspecified atom stereocenters. The van der Waals surface area contributed by atoms with E-state index in [0.29, 0.717) is 6.42 Å². The molecule has 0 aliphatic rings. The maximum Gasteiger partial charge on any atom is 0.261 e. The van der Waals surface area contributed by atoms with Gasteiger partial charge in [-0.2, -0.15) is 0 Å². The van der Waals surface area contributed by atoms with Gasteiger partial charge in [0.05, 0.1) is 6.61 Å². The van der Waals surface area contributed by atoms with Crippen LogP contribution < -0.4 is 10.4 Å². The summed E-state index contributed by atoms with van der Waals surface area (Å²) in [5.41, 5.74) is 0. The minimum absolute atomic E-state index is 0.00815. The molecule has 0 aliphatic carbocycles. The van der Waals surface area contributed by atoms with E-state index in [-0.39, 0.29) is 17.1 Å². The maximum absolute atomic E-state index is 13.8. The highest BCUT2D eigenvalue weighted by atomic mass is 28.4. The van der Waals surface area contributed by atoms with Crippen molar-refractivity contribution < 1.29 is 13.9 Å². The van der Waals surface area contributed by atoms with Gasteiger partial charge in [-0.1, -0.05) is 88.4 Å². The van der Waals surface area contributed by atoms with E-state index >= 15 is 0 Å². The Morgan fingerprint density at radius 2 is 1.37 bits per heavy atom. The van der Waals surface area contributed by atoms with E-state index in [1.54, 1.807) is 0 Å². The first-order valence-corrected chi connectivity index (χ1v) is 11.7. The molecule has 3 atom stereocenters. The summed E-state index contributed by atoms with van der Waals surface area (Å²) in [5.74, 6) is 0.00815. The van der Waals surface area contributed by atoms with Gasteiger partial charge >= 0.3 is 0 Å². The summed E-state index contributed by atoms with van der Waals surface area (Å²) in [7, 11) is -2.62. The van der Waals surface area contributed by atoms with E-state index < -0.39 is 21.1 Å². The van der Waals surface area contributed by atoms with Crippen molar-refractivity contribution in [3.05, 3.63) is 60.7 Å². The van der Waals surface area contributed by atoms with Gasteiger partial charge in [0.1, 0.15) is 6.17 Å². The van der Waals surface area contributed by atoms with Crippen LogP contribution in [0.5, 0.6) is 0 Å². The normalized spacial score (nSPS) is 16.0. The van der Waals surface area contributed by atoms with Gasteiger partial charge < -0.3 is 9.53 Å². The molecule has 2 rings (SSSR count). The molecule has 0 bridgehead atoms. The highest BCUT2D eigenvalue weighted by Gasteiger charge is 2.51. The second-order valence-corrected chi connectivity index (χ2v) is 12.7. The zero-order chi connectivity index (χ0) is 20.1. The first-order valence-electron chi connectivity index (χ1n) is 9.76. The van der Waals surface area contributed by atoms with E-state index in [1.807, 2.05) is 26.0 Å². The first-order chi connectivity index (χ1) is 12.7. The Kier molecular flexibility index (Phi) is 7.37. The van der Waals surface area contributed by atoms with Gasteiger partial charge in [-0.15, -0.1) is 0 Å². The van der Waals surface area contributed by atoms with Crippen LogP contribution in [0.3, 0.4) is 0 Å². The van der Waals surface area contributed by atoms with Gasteiger partial charge in [0, 0.05) is 6.10 Å². The molecule has 0 heterocycles. The van der Waals surface area contributed by atoms with E-state index in [1.165, 1.54) is 10.4 Å². The van der Waals surface area contributed by atoms with Gasteiger partial charge in [-0.25, -0.2) is 4.39 Å². The molecule has 0 saturated carbocycles. The number of hydrogen-bond donors (Lipinski definition) is 1. The van der Waals surface area contributed by atoms with Gasteiger partial charge in [-0.05, 0) is 34.7 Å². The fourth-order valence-corrected chi connectivity index (χ4v) is 8.56. The van der Waals surface area contributed by atoms with Crippen molar-refractivity contribution >= 4 is 18.7 Å². The Morgan fingerprint density at radius 1 is 0.926 bits per heavy atom. The average Bonchev–Trinajstić information content (AvgIpc) is 2.66. The van der Waals surface area contributed by atoms with Crippen LogP contribution in [0.4, 0.5) is 4.39 Å². The molecule has 2 aromatic carbocycles. The van der Waals surface area contributed by atoms with Crippen molar-refractivity contribution in [1.82, 2.24) is 0 Å². The summed E-state index contributed by atoms with van der Waals surface area (Å²) in [6, 6.07) is 20.9. The van der Waals surface area contributed by atoms with Crippen LogP contribution in [0.25, 0.3) is 0 Å². The number of aliphatic hydroxyl groups is 1. The van der Waals surface area contributed by atoms with Crippen LogP contribution >= 0.6 is 0 Å². The Morgan fingerprint density at radius 3 is 1.74 bits per heavy atom. The Bertz CT molecular complexity index is 645. The number of aliphatic hydroxyl groups excluding tert-OH is 1. The fourth-order valence-electron chi connectivity index (χ4n) is 3.76. The standard InChI is InChI=1S/C23H33FO2Si/c1-18(16-20(24)17-25)19(2)26-27(23(3,4)5,21-12-8-6-9-13-21)22-14-10-7-11-15-22/h6-15,18-20,25H,16-17H2,1-5H3/t18-,19-,20?/m1/s1. The predicted molar refractivity (Wildman–Crippen MR) is 114 cm³/mol. The van der Waals surface area contributed by atoms with Gasteiger partial charge in [-0.3, -0.25) is 0 Å². The summed E-state index contributed by atoms with van der Waals surface area (Å²) in [4.78, 5) is 0. The molecule has 0 aliphatic heterocycles. The third kappa shape index (κ3) is 4.87. The molecular weight excluding hydrogens is 355 g/mol. The molecule has 2 nitrogen and oxygen atoms in total. The molecular formula is C23H33FO2Si. The molecule has 0 fully saturated rings. The van der Waals surface area contributed by atoms with Gasteiger partial charge in [0.25, 0.3) is 8.32 Å². The molecule has 0 spiro atoms. The number of alkyl halides is 1. The van der Waals surface area contributed by atoms with Crippen LogP contribution in [0.1, 0.15) is 41.0 Å². The lowest BCUT2D eigenvalue weighted by molar-refractivity contribution is 0.0986. The highest BCUT2D eigenvalue weighted by molar-refractivity contribution is 6.99. The molecule has 1 N–H and O–H groups in total. The van der Waals surface area contributed by atoms with E-state index in [0.717, 1.165) is 0 Å². The van der Waals surface area contributed by atoms with Gasteiger partial charge in [0.15, 0.2) is 0 Å². The first kappa shape index (κ1) is 21.8. The summed E-state index contributed by atoms with van der Waals surface area (Å²) >= 11 is 0. The van der Waals surface area contributed by atoms with Crippen LogP contribution in [0.15, 0.2) is 60.7 Å². The fraction of sp³-hybridized carbons (Fsp3) is 0.478. The third-order valence-electron chi connectivity index (χ3n) is 5.41. The lowest BCUT2D eigenvalue weighted by atomic mass is 10.00. The van der Waals surface area contributed by atoms with E-state index in [4.69, 9.17) is 9.53 Å². The monoisotopic (exact) mass is 388 g/mol. The van der Waals surface area contributed by atoms with Crippen LogP contribution in [-0.4, -0.2) is 32.3 Å². The molecule has 4 heteroatoms. The SMILES string of the molecule is C[C@H](CC(F)CO)[C@@H](C)O[Si](c1ccccc1)(c1ccccc1)C(C)(C)C. The van der Waals surface area contributed by atoms with Gasteiger partial charge in [0.2, 0.25) is 0 Å². The minimum atomic E-state index is -2.62. The summed E-state index contributed by atoms with van der Waals surface area (Å²) < 4.78 is 20.7. The van der Waals surface area contributed by atoms with Crippen molar-refractivity contribution in [3.63, 3.8) is 0 Å². The lowest BCUT2D eigenvalue weighted by Gasteiger charge is -2.45. The van der Waals surface area contributed by atoms with Crippen molar-refractivity contribution in [2.45, 2.75) is 58.4 Å². The minimum Gasteiger partial charge on any atom is -0.404 e. The summed E-state index contributed by atoms with van der Waals surface area (Å²) in [5, 5.41) is 11.4. The van der Waals surface area contributed by atoms with Crippen molar-refractivity contribution in [2.24, 2.45) is 5.92 Å². The van der Waals surface area contributed by atoms with E-state index in [2.05, 4.69) is 69.3 Å². The van der Waals surface area contributed by atoms with Crippen LogP contribution in [-0.2, 0) is 4.43 Å². The molecule has 148 valence electrons. The predicted octanol–water partition coefficient (Wildman–Crippen LogP) is 4.31. The lowest BCUT2D eigenvalue weighted by Crippen LogP contribution is -2.67. The number of hydrogen-bond acceptors (Lipinski definition) is 2. The summed E-state index contributed by atoms with van der Waals surface area (Å²) in [6.45, 7) is 10.3. The molecule has 27 heavy (non-hydrogen) atoms. The molecule has 2 aromatic rings. The zero-order valence-corrected chi connectivity index (χ0v) is 18.2. The zero-order valence-electron chi connectivity index (χ0n) is 17.2. The van der Waals surface area contributed by atoms with Crippen molar-refractivity contribution in [2.75, 3.05) is 6.61 Å². The average molecular weight is 389 g/mol. The van der Waals surface area contributed by atoms with Crippen LogP contribution in [0.2, 0.25) is 5.04 Å². The number of benzene rings is 2. The van der Waals surface area contributed by atoms with Crippen molar-refractivity contribution in [3.8, 4) is 0 Å². The smallest absolute Gasteiger partial charge is 0.261 e. The highest BCUT2D eigenvalue weighted by Crippen LogP contribution is 2.38. The largest absolute Gasteiger partial charge is 0.404 e. The quantitative estimate of drug-likeness (QED) is 0.683. The maximum atomic E-state index is 13.8. The molecule has 0 saturated heterocycles. The van der Waals surface area contributed by atoms with E-state index in [9.17, 15) is 4.39 Å². The number of rotatable bonds is 8. The topological polar surface area (TPSA) is 29.5 Å². The van der Waals surface area contributed by atoms with Crippen molar-refractivity contribution in [1.29, 1.82) is 0 Å². The second kappa shape index (κ2) is 9.13. The molecule has 0 amide bonds. The third-order valence-corrected chi connectivity index (χ3v) is 10.5. The Hall–Kier alpha value is -1.49. The molecule has 0 aromatic heterocycles. The number of halogens is 1. The summed E-state index contributed by atoms with van der Waals surface area (Å²) in [6.07, 6.45) is -1.03. The molecule has 0 radical (unpaired) electrons. The Balaban J connectivity index is 2.52.